The third-order valence-electron chi connectivity index (χ3n) is 5.27. The number of ether oxygens (including phenoxy) is 2. The predicted molar refractivity (Wildman–Crippen MR) is 110 cm³/mol. The minimum absolute atomic E-state index is 0.118. The molecular weight excluding hydrogens is 370 g/mol. The van der Waals surface area contributed by atoms with Crippen molar-refractivity contribution in [2.75, 3.05) is 40.4 Å². The van der Waals surface area contributed by atoms with Crippen LogP contribution in [0.2, 0.25) is 0 Å². The number of methoxy groups -OCH3 is 2. The summed E-state index contributed by atoms with van der Waals surface area (Å²) in [5, 5.41) is 0. The minimum Gasteiger partial charge on any atom is -0.497 e. The van der Waals surface area contributed by atoms with Gasteiger partial charge >= 0.3 is 0 Å². The van der Waals surface area contributed by atoms with E-state index in [-0.39, 0.29) is 11.8 Å². The van der Waals surface area contributed by atoms with Crippen LogP contribution in [0.3, 0.4) is 0 Å². The van der Waals surface area contributed by atoms with Crippen LogP contribution >= 0.6 is 0 Å². The number of carbonyl (C=O) groups excluding carboxylic acids is 2. The average molecular weight is 397 g/mol. The fourth-order valence-electron chi connectivity index (χ4n) is 3.46. The van der Waals surface area contributed by atoms with Crippen LogP contribution in [0.1, 0.15) is 22.8 Å². The molecule has 0 aliphatic carbocycles. The van der Waals surface area contributed by atoms with Crippen LogP contribution in [0.4, 0.5) is 0 Å². The molecule has 0 radical (unpaired) electrons. The van der Waals surface area contributed by atoms with Gasteiger partial charge in [-0.3, -0.25) is 9.59 Å². The van der Waals surface area contributed by atoms with Crippen molar-refractivity contribution in [1.29, 1.82) is 0 Å². The zero-order valence-electron chi connectivity index (χ0n) is 17.1. The molecule has 0 saturated carbocycles. The molecule has 0 spiro atoms. The molecule has 2 amide bonds. The molecule has 1 aliphatic heterocycles. The highest BCUT2D eigenvalue weighted by Gasteiger charge is 2.36. The number of nitrogens with zero attached hydrogens (tertiary/aromatic N) is 2. The van der Waals surface area contributed by atoms with Crippen LogP contribution in [-0.2, 0) is 10.3 Å². The fraction of sp³-hybridized carbons (Fsp3) is 0.364. The lowest BCUT2D eigenvalue weighted by atomic mass is 9.91. The van der Waals surface area contributed by atoms with Crippen molar-refractivity contribution in [3.05, 3.63) is 59.7 Å². The molecule has 2 aromatic carbocycles. The Hall–Kier alpha value is -3.06. The number of nitrogens with two attached hydrogens (primary N) is 1. The highest BCUT2D eigenvalue weighted by atomic mass is 16.5. The summed E-state index contributed by atoms with van der Waals surface area (Å²) in [5.74, 6) is 0.860. The molecule has 1 fully saturated rings. The van der Waals surface area contributed by atoms with E-state index in [9.17, 15) is 9.59 Å². The molecule has 29 heavy (non-hydrogen) atoms. The van der Waals surface area contributed by atoms with Gasteiger partial charge in [-0.1, -0.05) is 30.3 Å². The number of hydrogen-bond donors (Lipinski definition) is 1. The standard InChI is InChI=1S/C22H27N3O4/c1-22(23,17-7-5-4-6-8-17)21(27)25-11-9-24(10-12-25)20(26)16-13-18(28-2)15-19(14-16)29-3/h4-8,13-15H,9-12,23H2,1-3H3. The van der Waals surface area contributed by atoms with Crippen LogP contribution in [0.5, 0.6) is 11.5 Å². The second-order valence-electron chi connectivity index (χ2n) is 7.25. The van der Waals surface area contributed by atoms with Crippen molar-refractivity contribution >= 4 is 11.8 Å². The molecule has 2 aromatic rings. The molecular formula is C22H27N3O4. The maximum atomic E-state index is 13.0. The lowest BCUT2D eigenvalue weighted by Crippen LogP contribution is -2.57. The zero-order valence-corrected chi connectivity index (χ0v) is 17.1. The van der Waals surface area contributed by atoms with Crippen LogP contribution in [0.25, 0.3) is 0 Å². The third-order valence-corrected chi connectivity index (χ3v) is 5.27. The summed E-state index contributed by atoms with van der Waals surface area (Å²) in [6.07, 6.45) is 0. The van der Waals surface area contributed by atoms with Crippen molar-refractivity contribution in [1.82, 2.24) is 9.80 Å². The smallest absolute Gasteiger partial charge is 0.254 e. The monoisotopic (exact) mass is 397 g/mol. The van der Waals surface area contributed by atoms with Gasteiger partial charge in [0.05, 0.1) is 14.2 Å². The SMILES string of the molecule is COc1cc(OC)cc(C(=O)N2CCN(C(=O)C(C)(N)c3ccccc3)CC2)c1. The zero-order chi connectivity index (χ0) is 21.0. The first-order valence-electron chi connectivity index (χ1n) is 9.53. The molecule has 154 valence electrons. The maximum Gasteiger partial charge on any atom is 0.254 e. The van der Waals surface area contributed by atoms with E-state index < -0.39 is 5.54 Å². The molecule has 1 heterocycles. The van der Waals surface area contributed by atoms with Crippen LogP contribution in [0.15, 0.2) is 48.5 Å². The number of carbonyl (C=O) groups is 2. The summed E-state index contributed by atoms with van der Waals surface area (Å²) in [6.45, 7) is 3.48. The van der Waals surface area contributed by atoms with Gasteiger partial charge in [0.2, 0.25) is 5.91 Å². The average Bonchev–Trinajstić information content (AvgIpc) is 2.78. The van der Waals surface area contributed by atoms with Crippen LogP contribution in [-0.4, -0.2) is 62.0 Å². The molecule has 1 aliphatic rings. The first-order chi connectivity index (χ1) is 13.9. The van der Waals surface area contributed by atoms with Crippen molar-refractivity contribution in [3.63, 3.8) is 0 Å². The summed E-state index contributed by atoms with van der Waals surface area (Å²) in [6, 6.07) is 14.4. The van der Waals surface area contributed by atoms with Crippen LogP contribution < -0.4 is 15.2 Å². The Labute approximate surface area is 171 Å². The first kappa shape index (κ1) is 20.7. The van der Waals surface area contributed by atoms with Gasteiger partial charge in [0.15, 0.2) is 0 Å². The van der Waals surface area contributed by atoms with E-state index in [1.54, 1.807) is 49.1 Å². The fourth-order valence-corrected chi connectivity index (χ4v) is 3.46. The van der Waals surface area contributed by atoms with Crippen LogP contribution in [0, 0.1) is 0 Å². The molecule has 0 aromatic heterocycles. The van der Waals surface area contributed by atoms with Gasteiger partial charge in [-0.15, -0.1) is 0 Å². The summed E-state index contributed by atoms with van der Waals surface area (Å²) < 4.78 is 10.5. The van der Waals surface area contributed by atoms with E-state index in [0.29, 0.717) is 43.2 Å². The second-order valence-corrected chi connectivity index (χ2v) is 7.25. The highest BCUT2D eigenvalue weighted by Crippen LogP contribution is 2.25. The number of amides is 2. The van der Waals surface area contributed by atoms with Gasteiger partial charge in [0.25, 0.3) is 5.91 Å². The van der Waals surface area contributed by atoms with Crippen molar-refractivity contribution < 1.29 is 19.1 Å². The van der Waals surface area contributed by atoms with E-state index >= 15 is 0 Å². The Morgan fingerprint density at radius 1 is 0.897 bits per heavy atom. The maximum absolute atomic E-state index is 13.0. The molecule has 1 saturated heterocycles. The lowest BCUT2D eigenvalue weighted by Gasteiger charge is -2.38. The quantitative estimate of drug-likeness (QED) is 0.833. The van der Waals surface area contributed by atoms with E-state index in [0.717, 1.165) is 5.56 Å². The molecule has 1 atom stereocenters. The Kier molecular flexibility index (Phi) is 6.08. The van der Waals surface area contributed by atoms with E-state index in [1.165, 1.54) is 0 Å². The molecule has 1 unspecified atom stereocenters. The Balaban J connectivity index is 1.67. The molecule has 3 rings (SSSR count). The van der Waals surface area contributed by atoms with Gasteiger partial charge in [0.1, 0.15) is 17.0 Å². The van der Waals surface area contributed by atoms with Gasteiger partial charge in [-0.05, 0) is 24.6 Å². The Morgan fingerprint density at radius 2 is 1.41 bits per heavy atom. The number of rotatable bonds is 5. The van der Waals surface area contributed by atoms with Crippen molar-refractivity contribution in [2.45, 2.75) is 12.5 Å². The van der Waals surface area contributed by atoms with Gasteiger partial charge in [-0.2, -0.15) is 0 Å². The molecule has 0 bridgehead atoms. The van der Waals surface area contributed by atoms with Crippen molar-refractivity contribution in [2.24, 2.45) is 5.73 Å². The summed E-state index contributed by atoms with van der Waals surface area (Å²) in [5.41, 5.74) is 6.52. The van der Waals surface area contributed by atoms with Gasteiger partial charge in [-0.25, -0.2) is 0 Å². The lowest BCUT2D eigenvalue weighted by molar-refractivity contribution is -0.138. The predicted octanol–water partition coefficient (Wildman–Crippen LogP) is 1.86. The van der Waals surface area contributed by atoms with Crippen molar-refractivity contribution in [3.8, 4) is 11.5 Å². The highest BCUT2D eigenvalue weighted by molar-refractivity contribution is 5.95. The largest absolute Gasteiger partial charge is 0.497 e. The second kappa shape index (κ2) is 8.53. The summed E-state index contributed by atoms with van der Waals surface area (Å²) in [7, 11) is 3.09. The summed E-state index contributed by atoms with van der Waals surface area (Å²) in [4.78, 5) is 29.4. The third kappa shape index (κ3) is 4.35. The molecule has 2 N–H and O–H groups in total. The van der Waals surface area contributed by atoms with E-state index in [1.807, 2.05) is 30.3 Å². The minimum atomic E-state index is -1.10. The Bertz CT molecular complexity index is 853. The number of piperazine rings is 1. The first-order valence-corrected chi connectivity index (χ1v) is 9.53. The molecule has 7 heteroatoms. The molecule has 7 nitrogen and oxygen atoms in total. The normalized spacial score (nSPS) is 16.1. The number of hydrogen-bond acceptors (Lipinski definition) is 5. The Morgan fingerprint density at radius 3 is 1.93 bits per heavy atom. The van der Waals surface area contributed by atoms with E-state index in [4.69, 9.17) is 15.2 Å². The topological polar surface area (TPSA) is 85.1 Å². The van der Waals surface area contributed by atoms with E-state index in [2.05, 4.69) is 0 Å². The van der Waals surface area contributed by atoms with Gasteiger partial charge in [0, 0.05) is 37.8 Å². The number of benzene rings is 2. The van der Waals surface area contributed by atoms with Gasteiger partial charge < -0.3 is 25.0 Å². The summed E-state index contributed by atoms with van der Waals surface area (Å²) >= 11 is 0.